The predicted molar refractivity (Wildman–Crippen MR) is 110 cm³/mol. The fraction of sp³-hybridized carbons (Fsp3) is 0.273. The third-order valence-electron chi connectivity index (χ3n) is 5.28. The molecule has 0 unspecified atom stereocenters. The lowest BCUT2D eigenvalue weighted by atomic mass is 9.97. The van der Waals surface area contributed by atoms with Crippen LogP contribution in [0.25, 0.3) is 11.3 Å². The van der Waals surface area contributed by atoms with Crippen molar-refractivity contribution in [3.8, 4) is 22.8 Å². The van der Waals surface area contributed by atoms with Gasteiger partial charge in [-0.3, -0.25) is 4.79 Å². The molecule has 8 heteroatoms. The van der Waals surface area contributed by atoms with Crippen LogP contribution in [0.4, 0.5) is 4.39 Å². The maximum absolute atomic E-state index is 14.5. The number of hydrogen-bond acceptors (Lipinski definition) is 5. The standard InChI is InChI=1S/C22H20ClFN2O4/c1-12-19(21(25-30-12)20-15(23)5-4-6-16(20)24)22(27)26-8-7-13-9-17(28-2)18(29-3)10-14(13)11-26/h4-6,9-10H,7-8,11H2,1-3H3. The Morgan fingerprint density at radius 1 is 1.20 bits per heavy atom. The molecular weight excluding hydrogens is 411 g/mol. The Morgan fingerprint density at radius 2 is 1.90 bits per heavy atom. The predicted octanol–water partition coefficient (Wildman–Crippen LogP) is 4.66. The average Bonchev–Trinajstić information content (AvgIpc) is 3.12. The molecule has 6 nitrogen and oxygen atoms in total. The molecule has 1 aliphatic heterocycles. The summed E-state index contributed by atoms with van der Waals surface area (Å²) in [6, 6.07) is 8.14. The number of benzene rings is 2. The Labute approximate surface area is 178 Å². The quantitative estimate of drug-likeness (QED) is 0.602. The Bertz CT molecular complexity index is 1110. The van der Waals surface area contributed by atoms with Gasteiger partial charge in [-0.05, 0) is 48.7 Å². The lowest BCUT2D eigenvalue weighted by Gasteiger charge is -2.29. The fourth-order valence-corrected chi connectivity index (χ4v) is 3.99. The van der Waals surface area contributed by atoms with Crippen LogP contribution in [-0.4, -0.2) is 36.7 Å². The van der Waals surface area contributed by atoms with Crippen LogP contribution in [0.5, 0.6) is 11.5 Å². The van der Waals surface area contributed by atoms with Crippen molar-refractivity contribution in [2.24, 2.45) is 0 Å². The molecule has 156 valence electrons. The van der Waals surface area contributed by atoms with Gasteiger partial charge in [-0.2, -0.15) is 0 Å². The van der Waals surface area contributed by atoms with E-state index < -0.39 is 5.82 Å². The summed E-state index contributed by atoms with van der Waals surface area (Å²) in [6.07, 6.45) is 0.654. The topological polar surface area (TPSA) is 64.8 Å². The number of fused-ring (bicyclic) bond motifs is 1. The number of rotatable bonds is 4. The second kappa shape index (κ2) is 7.99. The van der Waals surface area contributed by atoms with Gasteiger partial charge in [0.15, 0.2) is 11.5 Å². The van der Waals surface area contributed by atoms with E-state index in [-0.39, 0.29) is 27.8 Å². The number of methoxy groups -OCH3 is 2. The number of aromatic nitrogens is 1. The average molecular weight is 431 g/mol. The largest absolute Gasteiger partial charge is 0.493 e. The van der Waals surface area contributed by atoms with Gasteiger partial charge < -0.3 is 18.9 Å². The number of hydrogen-bond donors (Lipinski definition) is 0. The van der Waals surface area contributed by atoms with E-state index in [0.717, 1.165) is 11.1 Å². The lowest BCUT2D eigenvalue weighted by molar-refractivity contribution is 0.0733. The molecule has 0 N–H and O–H groups in total. The Hall–Kier alpha value is -3.06. The molecule has 0 atom stereocenters. The van der Waals surface area contributed by atoms with Crippen LogP contribution in [0.2, 0.25) is 5.02 Å². The minimum atomic E-state index is -0.564. The second-order valence-electron chi connectivity index (χ2n) is 7.01. The van der Waals surface area contributed by atoms with Crippen molar-refractivity contribution in [1.82, 2.24) is 10.1 Å². The van der Waals surface area contributed by atoms with E-state index in [1.807, 2.05) is 12.1 Å². The molecule has 3 aromatic rings. The van der Waals surface area contributed by atoms with Gasteiger partial charge >= 0.3 is 0 Å². The summed E-state index contributed by atoms with van der Waals surface area (Å²) >= 11 is 6.19. The summed E-state index contributed by atoms with van der Waals surface area (Å²) in [4.78, 5) is 15.1. The Balaban J connectivity index is 1.70. The van der Waals surface area contributed by atoms with Gasteiger partial charge in [-0.15, -0.1) is 0 Å². The van der Waals surface area contributed by atoms with Crippen LogP contribution in [0.15, 0.2) is 34.9 Å². The summed E-state index contributed by atoms with van der Waals surface area (Å²) in [5.74, 6) is 0.717. The molecule has 0 bridgehead atoms. The first-order valence-corrected chi connectivity index (χ1v) is 9.76. The summed E-state index contributed by atoms with van der Waals surface area (Å²) in [5.41, 5.74) is 2.44. The van der Waals surface area contributed by atoms with E-state index >= 15 is 0 Å². The molecule has 30 heavy (non-hydrogen) atoms. The van der Waals surface area contributed by atoms with Gasteiger partial charge in [-0.25, -0.2) is 4.39 Å². The number of halogens is 2. The highest BCUT2D eigenvalue weighted by Gasteiger charge is 2.31. The number of amides is 1. The van der Waals surface area contributed by atoms with E-state index in [4.69, 9.17) is 25.6 Å². The molecule has 0 radical (unpaired) electrons. The second-order valence-corrected chi connectivity index (χ2v) is 7.42. The molecule has 0 saturated heterocycles. The summed E-state index contributed by atoms with van der Waals surface area (Å²) in [6.45, 7) is 2.50. The van der Waals surface area contributed by atoms with Gasteiger partial charge in [0.05, 0.1) is 24.8 Å². The first kappa shape index (κ1) is 20.2. The SMILES string of the molecule is COc1cc2c(cc1OC)CN(C(=O)c1c(-c3c(F)cccc3Cl)noc1C)CC2. The summed E-state index contributed by atoms with van der Waals surface area (Å²) in [7, 11) is 3.16. The van der Waals surface area contributed by atoms with Gasteiger partial charge in [0, 0.05) is 13.1 Å². The van der Waals surface area contributed by atoms with Crippen LogP contribution in [0, 0.1) is 12.7 Å². The highest BCUT2D eigenvalue weighted by Crippen LogP contribution is 2.36. The highest BCUT2D eigenvalue weighted by molar-refractivity contribution is 6.33. The Morgan fingerprint density at radius 3 is 2.57 bits per heavy atom. The van der Waals surface area contributed by atoms with Crippen molar-refractivity contribution < 1.29 is 23.2 Å². The molecule has 1 amide bonds. The summed E-state index contributed by atoms with van der Waals surface area (Å²) < 4.78 is 30.5. The van der Waals surface area contributed by atoms with Crippen molar-refractivity contribution in [2.75, 3.05) is 20.8 Å². The van der Waals surface area contributed by atoms with Gasteiger partial charge in [0.1, 0.15) is 22.8 Å². The number of ether oxygens (including phenoxy) is 2. The van der Waals surface area contributed by atoms with Crippen LogP contribution >= 0.6 is 11.6 Å². The van der Waals surface area contributed by atoms with E-state index in [0.29, 0.717) is 36.8 Å². The zero-order valence-corrected chi connectivity index (χ0v) is 17.5. The first-order valence-electron chi connectivity index (χ1n) is 9.38. The van der Waals surface area contributed by atoms with Crippen molar-refractivity contribution in [2.45, 2.75) is 19.9 Å². The third kappa shape index (κ3) is 3.39. The van der Waals surface area contributed by atoms with Crippen LogP contribution < -0.4 is 9.47 Å². The lowest BCUT2D eigenvalue weighted by Crippen LogP contribution is -2.36. The minimum absolute atomic E-state index is 0.0585. The van der Waals surface area contributed by atoms with Gasteiger partial charge in [0.25, 0.3) is 5.91 Å². The number of aryl methyl sites for hydroxylation is 1. The van der Waals surface area contributed by atoms with Crippen molar-refractivity contribution in [3.05, 3.63) is 63.6 Å². The molecule has 0 fully saturated rings. The number of carbonyl (C=O) groups is 1. The highest BCUT2D eigenvalue weighted by atomic mass is 35.5. The van der Waals surface area contributed by atoms with Crippen LogP contribution in [0.1, 0.15) is 27.2 Å². The fourth-order valence-electron chi connectivity index (χ4n) is 3.73. The maximum Gasteiger partial charge on any atom is 0.260 e. The molecule has 0 spiro atoms. The van der Waals surface area contributed by atoms with E-state index in [2.05, 4.69) is 5.16 Å². The molecule has 1 aromatic heterocycles. The summed E-state index contributed by atoms with van der Waals surface area (Å²) in [5, 5.41) is 4.10. The number of carbonyl (C=O) groups excluding carboxylic acids is 1. The van der Waals surface area contributed by atoms with Crippen molar-refractivity contribution in [1.29, 1.82) is 0 Å². The maximum atomic E-state index is 14.5. The monoisotopic (exact) mass is 430 g/mol. The smallest absolute Gasteiger partial charge is 0.260 e. The van der Waals surface area contributed by atoms with Crippen molar-refractivity contribution >= 4 is 17.5 Å². The van der Waals surface area contributed by atoms with Gasteiger partial charge in [-0.1, -0.05) is 22.8 Å². The van der Waals surface area contributed by atoms with E-state index in [1.165, 1.54) is 12.1 Å². The zero-order chi connectivity index (χ0) is 21.4. The Kier molecular flexibility index (Phi) is 5.39. The van der Waals surface area contributed by atoms with E-state index in [9.17, 15) is 9.18 Å². The van der Waals surface area contributed by atoms with Crippen LogP contribution in [-0.2, 0) is 13.0 Å². The molecule has 0 saturated carbocycles. The molecule has 1 aliphatic rings. The number of nitrogens with zero attached hydrogens (tertiary/aromatic N) is 2. The molecule has 2 aromatic carbocycles. The van der Waals surface area contributed by atoms with E-state index in [1.54, 1.807) is 32.1 Å². The zero-order valence-electron chi connectivity index (χ0n) is 16.8. The molecule has 2 heterocycles. The molecule has 0 aliphatic carbocycles. The molecular formula is C22H20ClFN2O4. The van der Waals surface area contributed by atoms with Crippen LogP contribution in [0.3, 0.4) is 0 Å². The normalized spacial score (nSPS) is 13.2. The minimum Gasteiger partial charge on any atom is -0.493 e. The van der Waals surface area contributed by atoms with Gasteiger partial charge in [0.2, 0.25) is 0 Å². The first-order chi connectivity index (χ1) is 14.4. The molecule has 4 rings (SSSR count). The third-order valence-corrected chi connectivity index (χ3v) is 5.60. The van der Waals surface area contributed by atoms with Crippen molar-refractivity contribution in [3.63, 3.8) is 0 Å².